The van der Waals surface area contributed by atoms with Crippen molar-refractivity contribution in [2.45, 2.75) is 6.42 Å². The minimum Gasteiger partial charge on any atom is -0.197 e. The van der Waals surface area contributed by atoms with Crippen molar-refractivity contribution in [3.05, 3.63) is 54.5 Å². The summed E-state index contributed by atoms with van der Waals surface area (Å²) in [6.07, 6.45) is 2.38. The largest absolute Gasteiger partial charge is 0.197 e. The molecule has 0 fully saturated rings. The van der Waals surface area contributed by atoms with Crippen LogP contribution < -0.4 is 0 Å². The molecule has 0 aliphatic heterocycles. The van der Waals surface area contributed by atoms with E-state index >= 15 is 0 Å². The maximum Gasteiger partial charge on any atom is 0.109 e. The van der Waals surface area contributed by atoms with Gasteiger partial charge in [-0.25, -0.2) is 0 Å². The molecule has 1 radical (unpaired) electrons. The highest BCUT2D eigenvalue weighted by Crippen LogP contribution is 2.16. The fraction of sp³-hybridized carbons (Fsp3) is 0.0909. The van der Waals surface area contributed by atoms with Gasteiger partial charge in [0.15, 0.2) is 0 Å². The van der Waals surface area contributed by atoms with Gasteiger partial charge in [-0.05, 0) is 12.0 Å². The third-order valence-electron chi connectivity index (χ3n) is 1.61. The molecule has 0 bridgehead atoms. The maximum absolute atomic E-state index is 8.78. The summed E-state index contributed by atoms with van der Waals surface area (Å²) < 4.78 is 0. The zero-order chi connectivity index (χ0) is 8.81. The van der Waals surface area contributed by atoms with E-state index in [2.05, 4.69) is 12.6 Å². The number of benzene rings is 1. The molecular formula is C11H10N. The molecule has 59 valence electrons. The Morgan fingerprint density at radius 1 is 1.42 bits per heavy atom. The molecule has 0 aromatic heterocycles. The third-order valence-corrected chi connectivity index (χ3v) is 1.61. The molecule has 0 spiro atoms. The molecule has 12 heavy (non-hydrogen) atoms. The van der Waals surface area contributed by atoms with Crippen LogP contribution in [0.15, 0.2) is 43.0 Å². The Kier molecular flexibility index (Phi) is 3.10. The second-order valence-corrected chi connectivity index (χ2v) is 2.45. The van der Waals surface area contributed by atoms with Crippen molar-refractivity contribution in [3.63, 3.8) is 0 Å². The second kappa shape index (κ2) is 4.35. The van der Waals surface area contributed by atoms with Crippen LogP contribution in [0.5, 0.6) is 0 Å². The Bertz CT molecular complexity index is 282. The molecule has 0 unspecified atom stereocenters. The van der Waals surface area contributed by atoms with Gasteiger partial charge in [0.2, 0.25) is 0 Å². The van der Waals surface area contributed by atoms with E-state index in [-0.39, 0.29) is 0 Å². The third kappa shape index (κ3) is 1.96. The zero-order valence-electron chi connectivity index (χ0n) is 6.83. The molecular weight excluding hydrogens is 146 g/mol. The van der Waals surface area contributed by atoms with Crippen LogP contribution in [0.3, 0.4) is 0 Å². The second-order valence-electron chi connectivity index (χ2n) is 2.45. The summed E-state index contributed by atoms with van der Waals surface area (Å²) in [4.78, 5) is 0. The number of nitrogens with zero attached hydrogens (tertiary/aromatic N) is 1. The highest BCUT2D eigenvalue weighted by atomic mass is 14.3. The van der Waals surface area contributed by atoms with Gasteiger partial charge in [-0.3, -0.25) is 0 Å². The first kappa shape index (κ1) is 8.55. The summed E-state index contributed by atoms with van der Waals surface area (Å²) in [7, 11) is 0. The number of hydrogen-bond acceptors (Lipinski definition) is 1. The van der Waals surface area contributed by atoms with Crippen LogP contribution in [-0.2, 0) is 0 Å². The fourth-order valence-electron chi connectivity index (χ4n) is 1.01. The fourth-order valence-corrected chi connectivity index (χ4v) is 1.01. The van der Waals surface area contributed by atoms with E-state index < -0.39 is 0 Å². The van der Waals surface area contributed by atoms with Crippen LogP contribution in [0, 0.1) is 17.2 Å². The monoisotopic (exact) mass is 156 g/mol. The highest BCUT2D eigenvalue weighted by molar-refractivity contribution is 5.39. The summed E-state index contributed by atoms with van der Waals surface area (Å²) in [5, 5.41) is 8.78. The normalized spacial score (nSPS) is 9.33. The van der Waals surface area contributed by atoms with Crippen molar-refractivity contribution in [3.8, 4) is 6.07 Å². The molecule has 0 heterocycles. The van der Waals surface area contributed by atoms with Gasteiger partial charge in [-0.2, -0.15) is 5.26 Å². The van der Waals surface area contributed by atoms with Gasteiger partial charge in [-0.15, -0.1) is 6.58 Å². The molecule has 1 nitrogen and oxygen atoms in total. The van der Waals surface area contributed by atoms with Gasteiger partial charge in [0.1, 0.15) is 5.92 Å². The molecule has 0 aliphatic rings. The van der Waals surface area contributed by atoms with Crippen LogP contribution in [0.4, 0.5) is 0 Å². The quantitative estimate of drug-likeness (QED) is 0.617. The first-order valence-corrected chi connectivity index (χ1v) is 3.80. The van der Waals surface area contributed by atoms with E-state index in [1.165, 1.54) is 0 Å². The maximum atomic E-state index is 8.78. The van der Waals surface area contributed by atoms with Gasteiger partial charge in [-0.1, -0.05) is 36.4 Å². The highest BCUT2D eigenvalue weighted by Gasteiger charge is 2.07. The molecule has 1 aromatic rings. The SMILES string of the molecule is C=CC[C](C#N)c1ccccc1. The first-order valence-electron chi connectivity index (χ1n) is 3.80. The van der Waals surface area contributed by atoms with Crippen LogP contribution in [-0.4, -0.2) is 0 Å². The number of hydrogen-bond donors (Lipinski definition) is 0. The minimum atomic E-state index is 0.639. The topological polar surface area (TPSA) is 23.8 Å². The summed E-state index contributed by atoms with van der Waals surface area (Å²) >= 11 is 0. The zero-order valence-corrected chi connectivity index (χ0v) is 6.83. The molecule has 1 heteroatoms. The van der Waals surface area contributed by atoms with Crippen molar-refractivity contribution in [2.75, 3.05) is 0 Å². The van der Waals surface area contributed by atoms with E-state index in [0.29, 0.717) is 6.42 Å². The van der Waals surface area contributed by atoms with E-state index in [9.17, 15) is 0 Å². The van der Waals surface area contributed by atoms with E-state index in [0.717, 1.165) is 11.5 Å². The smallest absolute Gasteiger partial charge is 0.109 e. The Balaban J connectivity index is 2.82. The van der Waals surface area contributed by atoms with E-state index in [1.807, 2.05) is 30.3 Å². The predicted molar refractivity (Wildman–Crippen MR) is 49.2 cm³/mol. The number of allylic oxidation sites excluding steroid dienone is 1. The van der Waals surface area contributed by atoms with Crippen LogP contribution >= 0.6 is 0 Å². The van der Waals surface area contributed by atoms with Crippen LogP contribution in [0.25, 0.3) is 0 Å². The van der Waals surface area contributed by atoms with Crippen molar-refractivity contribution in [1.82, 2.24) is 0 Å². The number of rotatable bonds is 3. The lowest BCUT2D eigenvalue weighted by Gasteiger charge is -2.03. The van der Waals surface area contributed by atoms with E-state index in [4.69, 9.17) is 5.26 Å². The Hall–Kier alpha value is -1.55. The molecule has 0 aliphatic carbocycles. The van der Waals surface area contributed by atoms with Crippen LogP contribution in [0.2, 0.25) is 0 Å². The summed E-state index contributed by atoms with van der Waals surface area (Å²) in [6.45, 7) is 3.60. The summed E-state index contributed by atoms with van der Waals surface area (Å²) in [6, 6.07) is 11.8. The lowest BCUT2D eigenvalue weighted by atomic mass is 9.98. The van der Waals surface area contributed by atoms with Gasteiger partial charge < -0.3 is 0 Å². The Morgan fingerprint density at radius 3 is 2.58 bits per heavy atom. The van der Waals surface area contributed by atoms with Crippen LogP contribution in [0.1, 0.15) is 12.0 Å². The summed E-state index contributed by atoms with van der Waals surface area (Å²) in [5.41, 5.74) is 0.986. The lowest BCUT2D eigenvalue weighted by Crippen LogP contribution is -1.93. The van der Waals surface area contributed by atoms with Crippen molar-refractivity contribution >= 4 is 0 Å². The molecule has 1 aromatic carbocycles. The molecule has 0 atom stereocenters. The number of nitriles is 1. The van der Waals surface area contributed by atoms with Crippen molar-refractivity contribution in [2.24, 2.45) is 0 Å². The molecule has 0 saturated carbocycles. The minimum absolute atomic E-state index is 0.639. The average molecular weight is 156 g/mol. The predicted octanol–water partition coefficient (Wildman–Crippen LogP) is 2.71. The molecule has 0 amide bonds. The summed E-state index contributed by atoms with van der Waals surface area (Å²) in [5.74, 6) is 0.769. The van der Waals surface area contributed by atoms with Gasteiger partial charge in [0.25, 0.3) is 0 Å². The van der Waals surface area contributed by atoms with Gasteiger partial charge >= 0.3 is 0 Å². The Morgan fingerprint density at radius 2 is 2.08 bits per heavy atom. The van der Waals surface area contributed by atoms with E-state index in [1.54, 1.807) is 6.08 Å². The first-order chi connectivity index (χ1) is 5.88. The lowest BCUT2D eigenvalue weighted by molar-refractivity contribution is 1.12. The molecule has 0 saturated heterocycles. The average Bonchev–Trinajstić information content (AvgIpc) is 2.15. The van der Waals surface area contributed by atoms with Gasteiger partial charge in [0, 0.05) is 0 Å². The van der Waals surface area contributed by atoms with Crippen molar-refractivity contribution < 1.29 is 0 Å². The molecule has 0 N–H and O–H groups in total. The Labute approximate surface area is 73.0 Å². The van der Waals surface area contributed by atoms with Gasteiger partial charge in [0.05, 0.1) is 6.07 Å². The standard InChI is InChI=1S/C11H10N/c1-2-6-11(9-12)10-7-4-3-5-8-10/h2-5,7-8H,1,6H2. The van der Waals surface area contributed by atoms with Crippen molar-refractivity contribution in [1.29, 1.82) is 5.26 Å². The molecule has 1 rings (SSSR count).